The minimum Gasteiger partial charge on any atom is -0.543 e. The van der Waals surface area contributed by atoms with Gasteiger partial charge in [0, 0.05) is 18.2 Å². The lowest BCUT2D eigenvalue weighted by Crippen LogP contribution is -2.71. The topological polar surface area (TPSA) is 125 Å². The van der Waals surface area contributed by atoms with Crippen molar-refractivity contribution in [3.05, 3.63) is 41.6 Å². The SMILES string of the molecule is CC(=O)OCC1=C(C(=O)[O-])N2C(=O)C(NC(=O)COc3ccccc3)C2SC1. The van der Waals surface area contributed by atoms with E-state index < -0.39 is 35.2 Å². The molecule has 2 aliphatic heterocycles. The molecular weight excluding hydrogens is 388 g/mol. The monoisotopic (exact) mass is 405 g/mol. The van der Waals surface area contributed by atoms with Crippen molar-refractivity contribution in [2.24, 2.45) is 0 Å². The van der Waals surface area contributed by atoms with Crippen LogP contribution in [0.1, 0.15) is 6.92 Å². The van der Waals surface area contributed by atoms with Gasteiger partial charge < -0.3 is 24.7 Å². The van der Waals surface area contributed by atoms with E-state index in [9.17, 15) is 24.3 Å². The van der Waals surface area contributed by atoms with Gasteiger partial charge in [-0.2, -0.15) is 0 Å². The summed E-state index contributed by atoms with van der Waals surface area (Å²) in [6.45, 7) is 0.700. The summed E-state index contributed by atoms with van der Waals surface area (Å²) in [7, 11) is 0. The highest BCUT2D eigenvalue weighted by molar-refractivity contribution is 8.00. The molecule has 28 heavy (non-hydrogen) atoms. The van der Waals surface area contributed by atoms with Crippen LogP contribution in [0.5, 0.6) is 5.75 Å². The number of esters is 1. The Bertz CT molecular complexity index is 840. The van der Waals surface area contributed by atoms with Crippen molar-refractivity contribution >= 4 is 35.5 Å². The molecule has 0 saturated carbocycles. The highest BCUT2D eigenvalue weighted by Gasteiger charge is 2.52. The molecule has 1 saturated heterocycles. The minimum atomic E-state index is -1.53. The number of hydrogen-bond acceptors (Lipinski definition) is 8. The van der Waals surface area contributed by atoms with E-state index in [0.717, 1.165) is 4.90 Å². The first-order chi connectivity index (χ1) is 13.4. The van der Waals surface area contributed by atoms with Crippen LogP contribution in [0.25, 0.3) is 0 Å². The second kappa shape index (κ2) is 8.34. The molecule has 2 unspecified atom stereocenters. The largest absolute Gasteiger partial charge is 0.543 e. The Labute approximate surface area is 164 Å². The van der Waals surface area contributed by atoms with Crippen molar-refractivity contribution in [1.29, 1.82) is 0 Å². The average Bonchev–Trinajstić information content (AvgIpc) is 2.68. The lowest BCUT2D eigenvalue weighted by molar-refractivity contribution is -0.301. The van der Waals surface area contributed by atoms with Crippen molar-refractivity contribution in [2.45, 2.75) is 18.3 Å². The Kier molecular flexibility index (Phi) is 5.88. The maximum atomic E-state index is 12.4. The van der Waals surface area contributed by atoms with Gasteiger partial charge in [-0.1, -0.05) is 18.2 Å². The summed E-state index contributed by atoms with van der Waals surface area (Å²) < 4.78 is 10.2. The number of amides is 2. The molecule has 0 bridgehead atoms. The number of fused-ring (bicyclic) bond motifs is 1. The molecule has 0 aliphatic carbocycles. The number of carbonyl (C=O) groups excluding carboxylic acids is 4. The standard InChI is InChI=1S/C18H18N2O7S/c1-10(21)26-7-11-9-28-17-14(16(23)20(17)15(11)18(24)25)19-13(22)8-27-12-5-3-2-4-6-12/h2-6,14,17H,7-9H2,1H3,(H,19,22)(H,24,25)/p-1. The van der Waals surface area contributed by atoms with E-state index in [0.29, 0.717) is 5.75 Å². The number of ether oxygens (including phenoxy) is 2. The summed E-state index contributed by atoms with van der Waals surface area (Å²) in [6.07, 6.45) is 0. The van der Waals surface area contributed by atoms with Crippen LogP contribution in [-0.4, -0.2) is 59.0 Å². The summed E-state index contributed by atoms with van der Waals surface area (Å²) >= 11 is 1.27. The summed E-state index contributed by atoms with van der Waals surface area (Å²) in [6, 6.07) is 7.87. The number of aliphatic carboxylic acids is 1. The first-order valence-electron chi connectivity index (χ1n) is 8.37. The average molecular weight is 405 g/mol. The molecule has 1 N–H and O–H groups in total. The van der Waals surface area contributed by atoms with Gasteiger partial charge in [0.15, 0.2) is 6.61 Å². The van der Waals surface area contributed by atoms with Gasteiger partial charge in [0.1, 0.15) is 23.8 Å². The maximum Gasteiger partial charge on any atom is 0.302 e. The lowest BCUT2D eigenvalue weighted by atomic mass is 10.0. The molecule has 2 aliphatic rings. The van der Waals surface area contributed by atoms with Crippen LogP contribution in [0.4, 0.5) is 0 Å². The van der Waals surface area contributed by atoms with Crippen molar-refractivity contribution < 1.29 is 33.8 Å². The predicted octanol–water partition coefficient (Wildman–Crippen LogP) is -0.968. The van der Waals surface area contributed by atoms with E-state index in [1.54, 1.807) is 24.3 Å². The number of hydrogen-bond donors (Lipinski definition) is 1. The maximum absolute atomic E-state index is 12.4. The predicted molar refractivity (Wildman–Crippen MR) is 95.6 cm³/mol. The minimum absolute atomic E-state index is 0.232. The van der Waals surface area contributed by atoms with Crippen molar-refractivity contribution in [3.63, 3.8) is 0 Å². The van der Waals surface area contributed by atoms with Crippen LogP contribution in [-0.2, 0) is 23.9 Å². The second-order valence-electron chi connectivity index (χ2n) is 6.08. The number of β-lactam (4-membered cyclic amide) rings is 1. The Hall–Kier alpha value is -3.01. The normalized spacial score (nSPS) is 20.8. The van der Waals surface area contributed by atoms with E-state index in [-0.39, 0.29) is 30.2 Å². The number of para-hydroxylation sites is 1. The van der Waals surface area contributed by atoms with Gasteiger partial charge in [-0.3, -0.25) is 19.3 Å². The first kappa shape index (κ1) is 19.7. The van der Waals surface area contributed by atoms with Crippen LogP contribution in [0.2, 0.25) is 0 Å². The number of rotatable bonds is 7. The fourth-order valence-corrected chi connectivity index (χ4v) is 4.18. The number of nitrogens with zero attached hydrogens (tertiary/aromatic N) is 1. The molecule has 2 heterocycles. The summed E-state index contributed by atoms with van der Waals surface area (Å²) in [5.41, 5.74) is -0.0250. The summed E-state index contributed by atoms with van der Waals surface area (Å²) in [4.78, 5) is 48.1. The van der Waals surface area contributed by atoms with Gasteiger partial charge in [-0.25, -0.2) is 0 Å². The van der Waals surface area contributed by atoms with Crippen LogP contribution < -0.4 is 15.2 Å². The van der Waals surface area contributed by atoms with E-state index in [4.69, 9.17) is 9.47 Å². The van der Waals surface area contributed by atoms with Gasteiger partial charge in [0.2, 0.25) is 0 Å². The van der Waals surface area contributed by atoms with Gasteiger partial charge in [0.25, 0.3) is 11.8 Å². The van der Waals surface area contributed by atoms with Crippen molar-refractivity contribution in [2.75, 3.05) is 19.0 Å². The van der Waals surface area contributed by atoms with E-state index >= 15 is 0 Å². The summed E-state index contributed by atoms with van der Waals surface area (Å²) in [5, 5.41) is 13.5. The van der Waals surface area contributed by atoms with E-state index in [2.05, 4.69) is 5.32 Å². The molecule has 1 aromatic rings. The molecule has 9 nitrogen and oxygen atoms in total. The zero-order valence-electron chi connectivity index (χ0n) is 14.9. The van der Waals surface area contributed by atoms with Gasteiger partial charge in [0.05, 0.1) is 11.7 Å². The third kappa shape index (κ3) is 4.11. The Morgan fingerprint density at radius 2 is 2.00 bits per heavy atom. The molecule has 0 radical (unpaired) electrons. The molecule has 2 amide bonds. The van der Waals surface area contributed by atoms with E-state index in [1.165, 1.54) is 18.7 Å². The number of carbonyl (C=O) groups is 4. The molecular formula is C18H17N2O7S-. The Morgan fingerprint density at radius 1 is 1.29 bits per heavy atom. The Balaban J connectivity index is 1.62. The van der Waals surface area contributed by atoms with Crippen molar-refractivity contribution in [1.82, 2.24) is 10.2 Å². The van der Waals surface area contributed by atoms with Crippen LogP contribution in [0.15, 0.2) is 41.6 Å². The zero-order valence-corrected chi connectivity index (χ0v) is 15.7. The summed E-state index contributed by atoms with van der Waals surface area (Å²) in [5.74, 6) is -2.40. The molecule has 1 aromatic carbocycles. The molecule has 1 fully saturated rings. The van der Waals surface area contributed by atoms with Crippen LogP contribution >= 0.6 is 11.8 Å². The smallest absolute Gasteiger partial charge is 0.302 e. The quantitative estimate of drug-likeness (QED) is 0.454. The third-order valence-corrected chi connectivity index (χ3v) is 5.46. The number of benzene rings is 1. The van der Waals surface area contributed by atoms with Gasteiger partial charge in [-0.05, 0) is 12.1 Å². The molecule has 3 rings (SSSR count). The molecule has 10 heteroatoms. The number of carboxylic acid groups (broad SMARTS) is 1. The number of nitrogens with one attached hydrogen (secondary N) is 1. The first-order valence-corrected chi connectivity index (χ1v) is 9.42. The van der Waals surface area contributed by atoms with Crippen LogP contribution in [0, 0.1) is 0 Å². The number of thioether (sulfide) groups is 1. The van der Waals surface area contributed by atoms with Crippen molar-refractivity contribution in [3.8, 4) is 5.75 Å². The molecule has 2 atom stereocenters. The molecule has 148 valence electrons. The van der Waals surface area contributed by atoms with Crippen LogP contribution in [0.3, 0.4) is 0 Å². The lowest BCUT2D eigenvalue weighted by Gasteiger charge is -2.50. The highest BCUT2D eigenvalue weighted by Crippen LogP contribution is 2.40. The third-order valence-electron chi connectivity index (χ3n) is 4.12. The fourth-order valence-electron chi connectivity index (χ4n) is 2.85. The molecule has 0 aromatic heterocycles. The molecule has 0 spiro atoms. The Morgan fingerprint density at radius 3 is 2.64 bits per heavy atom. The second-order valence-corrected chi connectivity index (χ2v) is 7.18. The number of carboxylic acids is 1. The van der Waals surface area contributed by atoms with Gasteiger partial charge in [-0.15, -0.1) is 11.8 Å². The van der Waals surface area contributed by atoms with Gasteiger partial charge >= 0.3 is 5.97 Å². The highest BCUT2D eigenvalue weighted by atomic mass is 32.2. The zero-order chi connectivity index (χ0) is 20.3. The fraction of sp³-hybridized carbons (Fsp3) is 0.333. The van der Waals surface area contributed by atoms with E-state index in [1.807, 2.05) is 6.07 Å².